The quantitative estimate of drug-likeness (QED) is 0.167. The molecule has 0 N–H and O–H groups in total. The minimum absolute atomic E-state index is 1.14. The van der Waals surface area contributed by atoms with Crippen LogP contribution in [0, 0.1) is 0 Å². The molecule has 0 aliphatic rings. The average molecular weight is 737 g/mol. The molecule has 0 aliphatic heterocycles. The van der Waals surface area contributed by atoms with Crippen molar-refractivity contribution < 1.29 is 0 Å². The SMILES string of the molecule is c1ccc(-c2cccc(-c3ccccc3)c2-n2c3cc4c(cc3c3c5ccccc5ccc32)c2ccccc2n4-c2ccc(-c3cccc4ccccc34)cc2)cc1. The molecule has 58 heavy (non-hydrogen) atoms. The number of benzene rings is 10. The number of rotatable bonds is 5. The molecule has 0 bridgehead atoms. The van der Waals surface area contributed by atoms with E-state index in [-0.39, 0.29) is 0 Å². The first kappa shape index (κ1) is 32.6. The highest BCUT2D eigenvalue weighted by molar-refractivity contribution is 6.25. The van der Waals surface area contributed by atoms with Gasteiger partial charge < -0.3 is 9.13 Å². The first-order valence-corrected chi connectivity index (χ1v) is 20.0. The Morgan fingerprint density at radius 3 is 1.52 bits per heavy atom. The zero-order chi connectivity index (χ0) is 38.2. The minimum atomic E-state index is 1.14. The van der Waals surface area contributed by atoms with Crippen LogP contribution in [-0.2, 0) is 0 Å². The van der Waals surface area contributed by atoms with Gasteiger partial charge in [-0.1, -0.05) is 182 Å². The van der Waals surface area contributed by atoms with Gasteiger partial charge in [-0.15, -0.1) is 0 Å². The van der Waals surface area contributed by atoms with Crippen molar-refractivity contribution >= 4 is 65.2 Å². The first-order valence-electron chi connectivity index (χ1n) is 20.0. The summed E-state index contributed by atoms with van der Waals surface area (Å²) < 4.78 is 5.01. The largest absolute Gasteiger partial charge is 0.309 e. The summed E-state index contributed by atoms with van der Waals surface area (Å²) >= 11 is 0. The number of nitrogens with zero attached hydrogens (tertiary/aromatic N) is 2. The number of para-hydroxylation sites is 2. The molecule has 0 saturated carbocycles. The summed E-state index contributed by atoms with van der Waals surface area (Å²) in [7, 11) is 0. The zero-order valence-corrected chi connectivity index (χ0v) is 31.7. The van der Waals surface area contributed by atoms with Gasteiger partial charge in [-0.2, -0.15) is 0 Å². The topological polar surface area (TPSA) is 9.86 Å². The van der Waals surface area contributed by atoms with Gasteiger partial charge in [0.15, 0.2) is 0 Å². The summed E-state index contributed by atoms with van der Waals surface area (Å²) in [6.07, 6.45) is 0. The zero-order valence-electron chi connectivity index (χ0n) is 31.7. The molecule has 12 rings (SSSR count). The normalized spacial score (nSPS) is 11.8. The fourth-order valence-corrected chi connectivity index (χ4v) is 9.52. The van der Waals surface area contributed by atoms with Crippen molar-refractivity contribution in [2.24, 2.45) is 0 Å². The van der Waals surface area contributed by atoms with E-state index < -0.39 is 0 Å². The van der Waals surface area contributed by atoms with Crippen LogP contribution in [0.1, 0.15) is 0 Å². The van der Waals surface area contributed by atoms with Crippen LogP contribution in [0.5, 0.6) is 0 Å². The Bertz CT molecular complexity index is 3470. The Morgan fingerprint density at radius 2 is 0.793 bits per heavy atom. The Kier molecular flexibility index (Phi) is 7.26. The molecule has 10 aromatic carbocycles. The van der Waals surface area contributed by atoms with E-state index >= 15 is 0 Å². The van der Waals surface area contributed by atoms with Crippen molar-refractivity contribution in [1.29, 1.82) is 0 Å². The van der Waals surface area contributed by atoms with Gasteiger partial charge in [-0.25, -0.2) is 0 Å². The summed E-state index contributed by atoms with van der Waals surface area (Å²) in [6.45, 7) is 0. The summed E-state index contributed by atoms with van der Waals surface area (Å²) in [5, 5.41) is 10.0. The van der Waals surface area contributed by atoms with Gasteiger partial charge in [0.2, 0.25) is 0 Å². The van der Waals surface area contributed by atoms with E-state index in [1.165, 1.54) is 104 Å². The van der Waals surface area contributed by atoms with E-state index in [1.807, 2.05) is 0 Å². The molecule has 0 saturated heterocycles. The molecule has 2 heterocycles. The maximum absolute atomic E-state index is 2.55. The second kappa shape index (κ2) is 12.9. The highest BCUT2D eigenvalue weighted by Crippen LogP contribution is 2.45. The predicted molar refractivity (Wildman–Crippen MR) is 246 cm³/mol. The van der Waals surface area contributed by atoms with E-state index in [4.69, 9.17) is 0 Å². The number of fused-ring (bicyclic) bond motifs is 9. The van der Waals surface area contributed by atoms with E-state index in [0.29, 0.717) is 0 Å². The molecule has 0 fully saturated rings. The molecule has 0 radical (unpaired) electrons. The van der Waals surface area contributed by atoms with E-state index in [1.54, 1.807) is 0 Å². The first-order chi connectivity index (χ1) is 28.8. The van der Waals surface area contributed by atoms with E-state index in [0.717, 1.165) is 5.69 Å². The summed E-state index contributed by atoms with van der Waals surface area (Å²) in [4.78, 5) is 0. The van der Waals surface area contributed by atoms with E-state index in [2.05, 4.69) is 228 Å². The van der Waals surface area contributed by atoms with Crippen LogP contribution in [0.25, 0.3) is 110 Å². The number of aromatic nitrogens is 2. The lowest BCUT2D eigenvalue weighted by Gasteiger charge is -2.19. The van der Waals surface area contributed by atoms with Gasteiger partial charge in [-0.05, 0) is 80.2 Å². The molecule has 270 valence electrons. The second-order valence-electron chi connectivity index (χ2n) is 15.3. The lowest BCUT2D eigenvalue weighted by atomic mass is 9.95. The molecular formula is C56H36N2. The predicted octanol–water partition coefficient (Wildman–Crippen LogP) is 15.2. The van der Waals surface area contributed by atoms with Crippen molar-refractivity contribution in [1.82, 2.24) is 9.13 Å². The lowest BCUT2D eigenvalue weighted by molar-refractivity contribution is 1.17. The minimum Gasteiger partial charge on any atom is -0.309 e. The Hall–Kier alpha value is -7.68. The third-order valence-corrected chi connectivity index (χ3v) is 12.1. The van der Waals surface area contributed by atoms with Gasteiger partial charge in [-0.3, -0.25) is 0 Å². The van der Waals surface area contributed by atoms with Crippen molar-refractivity contribution in [2.75, 3.05) is 0 Å². The van der Waals surface area contributed by atoms with Gasteiger partial charge in [0.05, 0.1) is 27.8 Å². The summed E-state index contributed by atoms with van der Waals surface area (Å²) in [5.74, 6) is 0. The maximum atomic E-state index is 2.55. The van der Waals surface area contributed by atoms with Crippen LogP contribution >= 0.6 is 0 Å². The average Bonchev–Trinajstić information content (AvgIpc) is 3.80. The van der Waals surface area contributed by atoms with Crippen LogP contribution in [0.15, 0.2) is 218 Å². The molecule has 12 aromatic rings. The Morgan fingerprint density at radius 1 is 0.259 bits per heavy atom. The Balaban J connectivity index is 1.19. The molecule has 2 aromatic heterocycles. The van der Waals surface area contributed by atoms with Crippen molar-refractivity contribution in [3.8, 4) is 44.8 Å². The van der Waals surface area contributed by atoms with Gasteiger partial charge >= 0.3 is 0 Å². The number of hydrogen-bond acceptors (Lipinski definition) is 0. The maximum Gasteiger partial charge on any atom is 0.0618 e. The van der Waals surface area contributed by atoms with Crippen LogP contribution in [0.4, 0.5) is 0 Å². The van der Waals surface area contributed by atoms with Crippen molar-refractivity contribution in [2.45, 2.75) is 0 Å². The molecule has 0 amide bonds. The van der Waals surface area contributed by atoms with Crippen LogP contribution in [-0.4, -0.2) is 9.13 Å². The molecule has 0 unspecified atom stereocenters. The molecule has 0 atom stereocenters. The van der Waals surface area contributed by atoms with Gasteiger partial charge in [0.25, 0.3) is 0 Å². The smallest absolute Gasteiger partial charge is 0.0618 e. The molecular weight excluding hydrogens is 701 g/mol. The monoisotopic (exact) mass is 736 g/mol. The highest BCUT2D eigenvalue weighted by Gasteiger charge is 2.23. The van der Waals surface area contributed by atoms with Crippen molar-refractivity contribution in [3.63, 3.8) is 0 Å². The molecule has 2 heteroatoms. The third kappa shape index (κ3) is 4.92. The molecule has 0 aliphatic carbocycles. The van der Waals surface area contributed by atoms with Crippen LogP contribution in [0.2, 0.25) is 0 Å². The lowest BCUT2D eigenvalue weighted by Crippen LogP contribution is -2.01. The fourth-order valence-electron chi connectivity index (χ4n) is 9.52. The number of hydrogen-bond donors (Lipinski definition) is 0. The van der Waals surface area contributed by atoms with E-state index in [9.17, 15) is 0 Å². The fraction of sp³-hybridized carbons (Fsp3) is 0. The van der Waals surface area contributed by atoms with Gasteiger partial charge in [0, 0.05) is 38.4 Å². The summed E-state index contributed by atoms with van der Waals surface area (Å²) in [6, 6.07) is 80.0. The highest BCUT2D eigenvalue weighted by atomic mass is 15.0. The standard InChI is InChI=1S/C56H36N2/c1-3-15-38(16-4-1)46-26-14-27-47(39-17-5-2-6-18-39)56(46)58-52-34-31-40-20-8-10-23-45(40)55(52)50-35-49-48-24-11-12-28-51(48)57(53(49)36-54(50)58)42-32-29-41(30-33-42)44-25-13-21-37-19-7-9-22-43(37)44/h1-36H. The van der Waals surface area contributed by atoms with Crippen LogP contribution in [0.3, 0.4) is 0 Å². The van der Waals surface area contributed by atoms with Crippen molar-refractivity contribution in [3.05, 3.63) is 218 Å². The summed E-state index contributed by atoms with van der Waals surface area (Å²) in [5.41, 5.74) is 14.3. The third-order valence-electron chi connectivity index (χ3n) is 12.1. The Labute approximate surface area is 336 Å². The van der Waals surface area contributed by atoms with Crippen LogP contribution < -0.4 is 0 Å². The van der Waals surface area contributed by atoms with Gasteiger partial charge in [0.1, 0.15) is 0 Å². The molecule has 2 nitrogen and oxygen atoms in total. The molecule has 0 spiro atoms. The second-order valence-corrected chi connectivity index (χ2v) is 15.3.